The number of aryl methyl sites for hydroxylation is 2. The minimum absolute atomic E-state index is 1.12. The summed E-state index contributed by atoms with van der Waals surface area (Å²) in [5, 5.41) is 1.28. The quantitative estimate of drug-likeness (QED) is 0.642. The lowest BCUT2D eigenvalue weighted by Crippen LogP contribution is -1.88. The predicted molar refractivity (Wildman–Crippen MR) is 75.0 cm³/mol. The summed E-state index contributed by atoms with van der Waals surface area (Å²) in [5.74, 6) is 0. The van der Waals surface area contributed by atoms with E-state index in [4.69, 9.17) is 0 Å². The van der Waals surface area contributed by atoms with Crippen LogP contribution in [0.3, 0.4) is 0 Å². The van der Waals surface area contributed by atoms with E-state index in [1.165, 1.54) is 22.2 Å². The Kier molecular flexibility index (Phi) is 2.37. The molecule has 0 aliphatic carbocycles. The van der Waals surface area contributed by atoms with Crippen molar-refractivity contribution in [2.45, 2.75) is 0 Å². The molecule has 0 fully saturated rings. The van der Waals surface area contributed by atoms with Crippen molar-refractivity contribution in [2.24, 2.45) is 14.1 Å². The Labute approximate surface area is 109 Å². The molecule has 86 valence electrons. The van der Waals surface area contributed by atoms with E-state index in [1.54, 1.807) is 0 Å². The van der Waals surface area contributed by atoms with Gasteiger partial charge in [-0.1, -0.05) is 15.9 Å². The van der Waals surface area contributed by atoms with Crippen LogP contribution < -0.4 is 0 Å². The largest absolute Gasteiger partial charge is 0.351 e. The smallest absolute Gasteiger partial charge is 0.0499 e. The molecule has 0 bridgehead atoms. The highest BCUT2D eigenvalue weighted by molar-refractivity contribution is 9.10. The van der Waals surface area contributed by atoms with Gasteiger partial charge in [0.1, 0.15) is 0 Å². The summed E-state index contributed by atoms with van der Waals surface area (Å²) in [5.41, 5.74) is 3.77. The second kappa shape index (κ2) is 3.77. The second-order valence-corrected chi connectivity index (χ2v) is 5.24. The first kappa shape index (κ1) is 10.7. The Morgan fingerprint density at radius 3 is 2.59 bits per heavy atom. The van der Waals surface area contributed by atoms with Crippen molar-refractivity contribution in [3.63, 3.8) is 0 Å². The number of nitrogens with zero attached hydrogens (tertiary/aromatic N) is 2. The molecular weight excluding hydrogens is 276 g/mol. The molecule has 0 spiro atoms. The third kappa shape index (κ3) is 1.62. The topological polar surface area (TPSA) is 9.86 Å². The van der Waals surface area contributed by atoms with E-state index in [2.05, 4.69) is 81.9 Å². The van der Waals surface area contributed by atoms with Crippen LogP contribution in [0.15, 0.2) is 47.2 Å². The van der Waals surface area contributed by atoms with Crippen LogP contribution in [0.25, 0.3) is 22.2 Å². The highest BCUT2D eigenvalue weighted by Gasteiger charge is 2.10. The first-order valence-corrected chi connectivity index (χ1v) is 6.32. The molecule has 0 saturated carbocycles. The molecule has 0 unspecified atom stereocenters. The maximum absolute atomic E-state index is 3.54. The molecule has 0 aliphatic rings. The molecule has 3 rings (SSSR count). The summed E-state index contributed by atoms with van der Waals surface area (Å²) < 4.78 is 5.44. The fourth-order valence-electron chi connectivity index (χ4n) is 2.31. The molecule has 0 radical (unpaired) electrons. The number of aromatic nitrogens is 2. The Morgan fingerprint density at radius 1 is 1.06 bits per heavy atom. The summed E-state index contributed by atoms with van der Waals surface area (Å²) in [6.07, 6.45) is 4.26. The molecule has 2 nitrogen and oxygen atoms in total. The first-order chi connectivity index (χ1) is 8.16. The van der Waals surface area contributed by atoms with Gasteiger partial charge in [0.05, 0.1) is 0 Å². The Balaban J connectivity index is 2.37. The Bertz CT molecular complexity index is 691. The first-order valence-electron chi connectivity index (χ1n) is 5.53. The number of benzene rings is 1. The molecule has 17 heavy (non-hydrogen) atoms. The third-order valence-corrected chi connectivity index (χ3v) is 3.66. The lowest BCUT2D eigenvalue weighted by Gasteiger charge is -2.01. The van der Waals surface area contributed by atoms with E-state index >= 15 is 0 Å². The zero-order chi connectivity index (χ0) is 12.0. The molecular formula is C14H13BrN2. The molecule has 2 aromatic heterocycles. The van der Waals surface area contributed by atoms with Gasteiger partial charge in [0.2, 0.25) is 0 Å². The second-order valence-electron chi connectivity index (χ2n) is 4.32. The number of hydrogen-bond acceptors (Lipinski definition) is 0. The summed E-state index contributed by atoms with van der Waals surface area (Å²) >= 11 is 3.54. The SMILES string of the molecule is Cn1cccc1-c1cn(C)c2ccc(Br)cc12. The number of fused-ring (bicyclic) bond motifs is 1. The van der Waals surface area contributed by atoms with Gasteiger partial charge in [-0.25, -0.2) is 0 Å². The molecule has 3 aromatic rings. The Hall–Kier alpha value is -1.48. The van der Waals surface area contributed by atoms with E-state index < -0.39 is 0 Å². The van der Waals surface area contributed by atoms with Gasteiger partial charge < -0.3 is 9.13 Å². The van der Waals surface area contributed by atoms with Gasteiger partial charge in [-0.05, 0) is 30.3 Å². The normalized spacial score (nSPS) is 11.2. The summed E-state index contributed by atoms with van der Waals surface area (Å²) in [7, 11) is 4.16. The van der Waals surface area contributed by atoms with Crippen LogP contribution in [0, 0.1) is 0 Å². The van der Waals surface area contributed by atoms with Crippen LogP contribution in [0.4, 0.5) is 0 Å². The van der Waals surface area contributed by atoms with Crippen molar-refractivity contribution in [2.75, 3.05) is 0 Å². The van der Waals surface area contributed by atoms with Gasteiger partial charge in [-0.15, -0.1) is 0 Å². The molecule has 3 heteroatoms. The number of halogens is 1. The lowest BCUT2D eigenvalue weighted by atomic mass is 10.1. The van der Waals surface area contributed by atoms with Crippen LogP contribution >= 0.6 is 15.9 Å². The number of hydrogen-bond donors (Lipinski definition) is 0. The zero-order valence-corrected chi connectivity index (χ0v) is 11.4. The summed E-state index contributed by atoms with van der Waals surface area (Å²) in [6.45, 7) is 0. The van der Waals surface area contributed by atoms with Gasteiger partial charge in [0.15, 0.2) is 0 Å². The average molecular weight is 289 g/mol. The van der Waals surface area contributed by atoms with E-state index in [-0.39, 0.29) is 0 Å². The van der Waals surface area contributed by atoms with Gasteiger partial charge in [0.25, 0.3) is 0 Å². The zero-order valence-electron chi connectivity index (χ0n) is 9.81. The molecule has 0 amide bonds. The van der Waals surface area contributed by atoms with E-state index in [9.17, 15) is 0 Å². The van der Waals surface area contributed by atoms with E-state index in [0.29, 0.717) is 0 Å². The molecule has 0 N–H and O–H groups in total. The van der Waals surface area contributed by atoms with Crippen molar-refractivity contribution in [3.05, 3.63) is 47.2 Å². The van der Waals surface area contributed by atoms with Crippen LogP contribution in [-0.2, 0) is 14.1 Å². The lowest BCUT2D eigenvalue weighted by molar-refractivity contribution is 0.931. The summed E-state index contributed by atoms with van der Waals surface area (Å²) in [6, 6.07) is 10.6. The van der Waals surface area contributed by atoms with Crippen LogP contribution in [-0.4, -0.2) is 9.13 Å². The minimum Gasteiger partial charge on any atom is -0.351 e. The third-order valence-electron chi connectivity index (χ3n) is 3.17. The van der Waals surface area contributed by atoms with Crippen LogP contribution in [0.1, 0.15) is 0 Å². The van der Waals surface area contributed by atoms with Crippen molar-refractivity contribution in [1.82, 2.24) is 9.13 Å². The predicted octanol–water partition coefficient (Wildman–Crippen LogP) is 3.95. The standard InChI is InChI=1S/C14H13BrN2/c1-16-7-3-4-13(16)12-9-17(2)14-6-5-10(15)8-11(12)14/h3-9H,1-2H3. The van der Waals surface area contributed by atoms with Crippen molar-refractivity contribution >= 4 is 26.8 Å². The van der Waals surface area contributed by atoms with E-state index in [0.717, 1.165) is 4.47 Å². The molecule has 0 aliphatic heterocycles. The maximum Gasteiger partial charge on any atom is 0.0499 e. The van der Waals surface area contributed by atoms with Gasteiger partial charge in [-0.3, -0.25) is 0 Å². The van der Waals surface area contributed by atoms with E-state index in [1.807, 2.05) is 0 Å². The maximum atomic E-state index is 3.54. The fraction of sp³-hybridized carbons (Fsp3) is 0.143. The van der Waals surface area contributed by atoms with Gasteiger partial charge >= 0.3 is 0 Å². The van der Waals surface area contributed by atoms with Crippen molar-refractivity contribution < 1.29 is 0 Å². The molecule has 1 aromatic carbocycles. The van der Waals surface area contributed by atoms with Crippen molar-refractivity contribution in [3.8, 4) is 11.3 Å². The van der Waals surface area contributed by atoms with Crippen molar-refractivity contribution in [1.29, 1.82) is 0 Å². The highest BCUT2D eigenvalue weighted by Crippen LogP contribution is 2.31. The minimum atomic E-state index is 1.12. The van der Waals surface area contributed by atoms with Gasteiger partial charge in [0, 0.05) is 53.1 Å². The number of rotatable bonds is 1. The summed E-state index contributed by atoms with van der Waals surface area (Å²) in [4.78, 5) is 0. The average Bonchev–Trinajstić information content (AvgIpc) is 2.83. The molecule has 2 heterocycles. The van der Waals surface area contributed by atoms with Crippen LogP contribution in [0.2, 0.25) is 0 Å². The van der Waals surface area contributed by atoms with Crippen LogP contribution in [0.5, 0.6) is 0 Å². The van der Waals surface area contributed by atoms with Gasteiger partial charge in [-0.2, -0.15) is 0 Å². The monoisotopic (exact) mass is 288 g/mol. The highest BCUT2D eigenvalue weighted by atomic mass is 79.9. The fourth-order valence-corrected chi connectivity index (χ4v) is 2.67. The Morgan fingerprint density at radius 2 is 1.88 bits per heavy atom. The molecule has 0 saturated heterocycles. The molecule has 0 atom stereocenters.